The second kappa shape index (κ2) is 5.33. The van der Waals surface area contributed by atoms with Crippen LogP contribution in [0.15, 0.2) is 23.0 Å². The summed E-state index contributed by atoms with van der Waals surface area (Å²) in [6.45, 7) is 3.61. The number of hydrogen-bond acceptors (Lipinski definition) is 5. The Morgan fingerprint density at radius 1 is 1.57 bits per heavy atom. The molecule has 3 atom stereocenters. The van der Waals surface area contributed by atoms with Gasteiger partial charge in [0.15, 0.2) is 0 Å². The lowest BCUT2D eigenvalue weighted by Crippen LogP contribution is -2.56. The SMILES string of the molecule is Cc1noc(C)c1CC(=O)N[C@H]1C[C@@H](O)[C@@H]1n1cccn1. The Morgan fingerprint density at radius 2 is 2.38 bits per heavy atom. The molecule has 0 unspecified atom stereocenters. The molecule has 2 aromatic rings. The van der Waals surface area contributed by atoms with Crippen molar-refractivity contribution >= 4 is 5.91 Å². The number of nitrogens with one attached hydrogen (secondary N) is 1. The first kappa shape index (κ1) is 13.8. The molecule has 7 nitrogen and oxygen atoms in total. The van der Waals surface area contributed by atoms with Gasteiger partial charge in [-0.1, -0.05) is 5.16 Å². The van der Waals surface area contributed by atoms with E-state index in [2.05, 4.69) is 15.6 Å². The molecule has 21 heavy (non-hydrogen) atoms. The summed E-state index contributed by atoms with van der Waals surface area (Å²) in [5.74, 6) is 0.568. The van der Waals surface area contributed by atoms with Crippen LogP contribution < -0.4 is 5.32 Å². The van der Waals surface area contributed by atoms with E-state index in [9.17, 15) is 9.90 Å². The first-order chi connectivity index (χ1) is 10.1. The van der Waals surface area contributed by atoms with Crippen molar-refractivity contribution in [3.05, 3.63) is 35.5 Å². The number of nitrogens with zero attached hydrogens (tertiary/aromatic N) is 3. The lowest BCUT2D eigenvalue weighted by Gasteiger charge is -2.41. The van der Waals surface area contributed by atoms with Crippen LogP contribution in [0, 0.1) is 13.8 Å². The number of aromatic nitrogens is 3. The average Bonchev–Trinajstić information content (AvgIpc) is 3.03. The molecule has 0 aromatic carbocycles. The van der Waals surface area contributed by atoms with Gasteiger partial charge in [-0.15, -0.1) is 0 Å². The van der Waals surface area contributed by atoms with Gasteiger partial charge >= 0.3 is 0 Å². The number of aliphatic hydroxyl groups is 1. The quantitative estimate of drug-likeness (QED) is 0.856. The van der Waals surface area contributed by atoms with Gasteiger partial charge in [0.1, 0.15) is 5.76 Å². The molecule has 2 heterocycles. The lowest BCUT2D eigenvalue weighted by atomic mass is 9.83. The van der Waals surface area contributed by atoms with E-state index < -0.39 is 6.10 Å². The van der Waals surface area contributed by atoms with Gasteiger partial charge in [0.05, 0.1) is 30.3 Å². The molecule has 1 fully saturated rings. The summed E-state index contributed by atoms with van der Waals surface area (Å²) >= 11 is 0. The normalized spacial score (nSPS) is 24.6. The summed E-state index contributed by atoms with van der Waals surface area (Å²) in [7, 11) is 0. The summed E-state index contributed by atoms with van der Waals surface area (Å²) in [4.78, 5) is 12.1. The van der Waals surface area contributed by atoms with Crippen LogP contribution >= 0.6 is 0 Å². The van der Waals surface area contributed by atoms with Crippen LogP contribution in [-0.2, 0) is 11.2 Å². The van der Waals surface area contributed by atoms with Gasteiger partial charge in [0, 0.05) is 18.0 Å². The van der Waals surface area contributed by atoms with Crippen LogP contribution in [0.1, 0.15) is 29.5 Å². The van der Waals surface area contributed by atoms with E-state index in [1.807, 2.05) is 6.92 Å². The largest absolute Gasteiger partial charge is 0.391 e. The molecule has 1 aliphatic carbocycles. The minimum absolute atomic E-state index is 0.0987. The fourth-order valence-electron chi connectivity index (χ4n) is 2.75. The minimum Gasteiger partial charge on any atom is -0.391 e. The van der Waals surface area contributed by atoms with Crippen molar-refractivity contribution in [3.8, 4) is 0 Å². The molecule has 0 aliphatic heterocycles. The number of amides is 1. The Hall–Kier alpha value is -2.15. The van der Waals surface area contributed by atoms with E-state index in [1.54, 1.807) is 30.1 Å². The maximum absolute atomic E-state index is 12.1. The molecule has 3 rings (SSSR count). The minimum atomic E-state index is -0.478. The van der Waals surface area contributed by atoms with Crippen molar-refractivity contribution in [2.24, 2.45) is 0 Å². The Morgan fingerprint density at radius 3 is 2.95 bits per heavy atom. The molecule has 2 aromatic heterocycles. The number of aliphatic hydroxyl groups excluding tert-OH is 1. The topological polar surface area (TPSA) is 93.2 Å². The second-order valence-corrected chi connectivity index (χ2v) is 5.43. The van der Waals surface area contributed by atoms with E-state index in [4.69, 9.17) is 4.52 Å². The maximum Gasteiger partial charge on any atom is 0.224 e. The standard InChI is InChI=1S/C14H18N4O3/c1-8-10(9(2)21-17-8)6-13(20)16-11-7-12(19)14(11)18-5-3-4-15-18/h3-5,11-12,14,19H,6-7H2,1-2H3,(H,16,20)/t11-,12+,14+/m0/s1. The van der Waals surface area contributed by atoms with Crippen LogP contribution in [0.4, 0.5) is 0 Å². The second-order valence-electron chi connectivity index (χ2n) is 5.43. The molecule has 1 aliphatic rings. The molecule has 0 spiro atoms. The van der Waals surface area contributed by atoms with Crippen molar-refractivity contribution in [1.29, 1.82) is 0 Å². The number of carbonyl (C=O) groups excluding carboxylic acids is 1. The van der Waals surface area contributed by atoms with Crippen molar-refractivity contribution in [3.63, 3.8) is 0 Å². The first-order valence-electron chi connectivity index (χ1n) is 6.94. The highest BCUT2D eigenvalue weighted by Crippen LogP contribution is 2.32. The maximum atomic E-state index is 12.1. The number of aryl methyl sites for hydroxylation is 2. The highest BCUT2D eigenvalue weighted by molar-refractivity contribution is 5.79. The van der Waals surface area contributed by atoms with Crippen LogP contribution in [0.2, 0.25) is 0 Å². The Balaban J connectivity index is 1.63. The molecule has 0 bridgehead atoms. The van der Waals surface area contributed by atoms with Crippen LogP contribution in [-0.4, -0.2) is 38.1 Å². The Labute approximate surface area is 121 Å². The van der Waals surface area contributed by atoms with Gasteiger partial charge in [-0.05, 0) is 26.3 Å². The Bertz CT molecular complexity index is 615. The van der Waals surface area contributed by atoms with Gasteiger partial charge in [-0.2, -0.15) is 5.10 Å². The van der Waals surface area contributed by atoms with Gasteiger partial charge in [0.25, 0.3) is 0 Å². The Kier molecular flexibility index (Phi) is 3.50. The summed E-state index contributed by atoms with van der Waals surface area (Å²) < 4.78 is 6.74. The van der Waals surface area contributed by atoms with Crippen LogP contribution in [0.25, 0.3) is 0 Å². The predicted octanol–water partition coefficient (Wildman–Crippen LogP) is 0.521. The molecule has 0 radical (unpaired) electrons. The van der Waals surface area contributed by atoms with E-state index in [-0.39, 0.29) is 24.4 Å². The van der Waals surface area contributed by atoms with E-state index in [0.29, 0.717) is 12.2 Å². The number of rotatable bonds is 4. The zero-order valence-electron chi connectivity index (χ0n) is 12.0. The fraction of sp³-hybridized carbons (Fsp3) is 0.500. The first-order valence-corrected chi connectivity index (χ1v) is 6.94. The molecule has 0 saturated heterocycles. The zero-order chi connectivity index (χ0) is 15.0. The fourth-order valence-corrected chi connectivity index (χ4v) is 2.75. The molecule has 2 N–H and O–H groups in total. The van der Waals surface area contributed by atoms with Crippen molar-refractivity contribution in [2.45, 2.75) is 44.9 Å². The van der Waals surface area contributed by atoms with Gasteiger partial charge in [-0.3, -0.25) is 9.48 Å². The number of hydrogen-bond donors (Lipinski definition) is 2. The predicted molar refractivity (Wildman–Crippen MR) is 73.5 cm³/mol. The molecule has 112 valence electrons. The summed E-state index contributed by atoms with van der Waals surface area (Å²) in [6.07, 6.45) is 3.75. The van der Waals surface area contributed by atoms with E-state index in [0.717, 1.165) is 11.3 Å². The van der Waals surface area contributed by atoms with Crippen molar-refractivity contribution < 1.29 is 14.4 Å². The average molecular weight is 290 g/mol. The molecule has 1 saturated carbocycles. The highest BCUT2D eigenvalue weighted by atomic mass is 16.5. The molecule has 7 heteroatoms. The highest BCUT2D eigenvalue weighted by Gasteiger charge is 2.42. The van der Waals surface area contributed by atoms with E-state index >= 15 is 0 Å². The summed E-state index contributed by atoms with van der Waals surface area (Å²) in [5.41, 5.74) is 1.56. The van der Waals surface area contributed by atoms with Crippen molar-refractivity contribution in [1.82, 2.24) is 20.3 Å². The molecule has 1 amide bonds. The van der Waals surface area contributed by atoms with Gasteiger partial charge in [0.2, 0.25) is 5.91 Å². The van der Waals surface area contributed by atoms with Crippen molar-refractivity contribution in [2.75, 3.05) is 0 Å². The van der Waals surface area contributed by atoms with Gasteiger partial charge in [-0.25, -0.2) is 0 Å². The molecular formula is C14H18N4O3. The summed E-state index contributed by atoms with van der Waals surface area (Å²) in [6, 6.07) is 1.50. The third kappa shape index (κ3) is 2.56. The lowest BCUT2D eigenvalue weighted by molar-refractivity contribution is -0.124. The van der Waals surface area contributed by atoms with E-state index in [1.165, 1.54) is 0 Å². The summed E-state index contributed by atoms with van der Waals surface area (Å²) in [5, 5.41) is 20.8. The molecular weight excluding hydrogens is 272 g/mol. The smallest absolute Gasteiger partial charge is 0.224 e. The number of carbonyl (C=O) groups is 1. The monoisotopic (exact) mass is 290 g/mol. The third-order valence-corrected chi connectivity index (χ3v) is 4.00. The van der Waals surface area contributed by atoms with Gasteiger partial charge < -0.3 is 14.9 Å². The zero-order valence-corrected chi connectivity index (χ0v) is 12.0. The third-order valence-electron chi connectivity index (χ3n) is 4.00. The van der Waals surface area contributed by atoms with Crippen LogP contribution in [0.5, 0.6) is 0 Å². The van der Waals surface area contributed by atoms with Crippen LogP contribution in [0.3, 0.4) is 0 Å².